The molecule has 2 heterocycles. The third-order valence-electron chi connectivity index (χ3n) is 4.74. The molecule has 0 bridgehead atoms. The number of carbonyl (C=O) groups is 1. The molecule has 0 fully saturated rings. The summed E-state index contributed by atoms with van der Waals surface area (Å²) in [6.45, 7) is 0.935. The van der Waals surface area contributed by atoms with E-state index in [1.807, 2.05) is 12.1 Å². The number of aryl methyl sites for hydroxylation is 1. The van der Waals surface area contributed by atoms with Crippen molar-refractivity contribution in [1.82, 2.24) is 19.2 Å². The molecule has 0 radical (unpaired) electrons. The Morgan fingerprint density at radius 3 is 2.84 bits per heavy atom. The van der Waals surface area contributed by atoms with Gasteiger partial charge in [-0.1, -0.05) is 35.5 Å². The average Bonchev–Trinajstić information content (AvgIpc) is 3.21. The Hall–Kier alpha value is -2.95. The maximum absolute atomic E-state index is 13.3. The van der Waals surface area contributed by atoms with E-state index in [0.29, 0.717) is 47.1 Å². The summed E-state index contributed by atoms with van der Waals surface area (Å²) in [4.78, 5) is 25.4. The Balaban J connectivity index is 1.62. The predicted molar refractivity (Wildman–Crippen MR) is 122 cm³/mol. The maximum Gasteiger partial charge on any atom is 0.262 e. The number of hydrogen-bond acceptors (Lipinski definition) is 6. The highest BCUT2D eigenvalue weighted by atomic mass is 35.5. The number of ether oxygens (including phenoxy) is 1. The van der Waals surface area contributed by atoms with Gasteiger partial charge >= 0.3 is 0 Å². The van der Waals surface area contributed by atoms with Crippen LogP contribution in [0.1, 0.15) is 6.42 Å². The summed E-state index contributed by atoms with van der Waals surface area (Å²) in [5.74, 6) is -0.435. The summed E-state index contributed by atoms with van der Waals surface area (Å²) in [6, 6.07) is 11.2. The van der Waals surface area contributed by atoms with Crippen LogP contribution < -0.4 is 10.9 Å². The van der Waals surface area contributed by atoms with E-state index >= 15 is 0 Å². The first-order valence-electron chi connectivity index (χ1n) is 9.73. The van der Waals surface area contributed by atoms with Crippen LogP contribution in [0.25, 0.3) is 16.7 Å². The highest BCUT2D eigenvalue weighted by Gasteiger charge is 2.17. The van der Waals surface area contributed by atoms with Gasteiger partial charge in [0, 0.05) is 25.9 Å². The van der Waals surface area contributed by atoms with Gasteiger partial charge < -0.3 is 10.1 Å². The Morgan fingerprint density at radius 2 is 2.06 bits per heavy atom. The molecular weight excluding hydrogens is 457 g/mol. The quantitative estimate of drug-likeness (QED) is 0.309. The van der Waals surface area contributed by atoms with Crippen LogP contribution in [0.3, 0.4) is 0 Å². The molecule has 8 nitrogen and oxygen atoms in total. The zero-order valence-electron chi connectivity index (χ0n) is 17.0. The molecule has 2 aromatic heterocycles. The molecule has 0 saturated heterocycles. The van der Waals surface area contributed by atoms with Crippen LogP contribution in [-0.4, -0.2) is 44.5 Å². The third-order valence-corrected chi connectivity index (χ3v) is 5.96. The van der Waals surface area contributed by atoms with E-state index in [-0.39, 0.29) is 22.2 Å². The number of para-hydroxylation sites is 1. The fourth-order valence-corrected chi connectivity index (χ4v) is 4.22. The van der Waals surface area contributed by atoms with E-state index in [1.54, 1.807) is 28.2 Å². The Bertz CT molecular complexity index is 1360. The molecule has 1 N–H and O–H groups in total. The van der Waals surface area contributed by atoms with Crippen LogP contribution in [0, 0.1) is 5.82 Å². The molecule has 1 amide bonds. The lowest BCUT2D eigenvalue weighted by Gasteiger charge is -2.11. The van der Waals surface area contributed by atoms with Crippen molar-refractivity contribution in [3.63, 3.8) is 0 Å². The first-order valence-corrected chi connectivity index (χ1v) is 11.1. The zero-order chi connectivity index (χ0) is 22.7. The number of thioether (sulfide) groups is 1. The van der Waals surface area contributed by atoms with Crippen molar-refractivity contribution in [2.24, 2.45) is 0 Å². The van der Waals surface area contributed by atoms with Crippen LogP contribution in [0.2, 0.25) is 5.02 Å². The molecule has 0 atom stereocenters. The molecule has 4 rings (SSSR count). The van der Waals surface area contributed by atoms with Crippen molar-refractivity contribution >= 4 is 51.6 Å². The monoisotopic (exact) mass is 475 g/mol. The highest BCUT2D eigenvalue weighted by molar-refractivity contribution is 7.99. The van der Waals surface area contributed by atoms with Crippen LogP contribution in [-0.2, 0) is 16.1 Å². The second-order valence-electron chi connectivity index (χ2n) is 6.90. The van der Waals surface area contributed by atoms with Crippen LogP contribution in [0.5, 0.6) is 0 Å². The number of nitrogens with zero attached hydrogens (tertiary/aromatic N) is 4. The van der Waals surface area contributed by atoms with Crippen molar-refractivity contribution in [3.05, 3.63) is 63.7 Å². The minimum atomic E-state index is -0.558. The number of methoxy groups -OCH3 is 1. The Kier molecular flexibility index (Phi) is 6.73. The minimum Gasteiger partial charge on any atom is -0.385 e. The van der Waals surface area contributed by atoms with Gasteiger partial charge in [0.1, 0.15) is 5.82 Å². The zero-order valence-corrected chi connectivity index (χ0v) is 18.6. The third kappa shape index (κ3) is 4.47. The number of rotatable bonds is 8. The topological polar surface area (TPSA) is 90.5 Å². The van der Waals surface area contributed by atoms with E-state index in [2.05, 4.69) is 15.5 Å². The van der Waals surface area contributed by atoms with E-state index in [0.717, 1.165) is 0 Å². The lowest BCUT2D eigenvalue weighted by molar-refractivity contribution is -0.113. The summed E-state index contributed by atoms with van der Waals surface area (Å²) in [6.07, 6.45) is 0.641. The molecule has 0 spiro atoms. The van der Waals surface area contributed by atoms with Gasteiger partial charge in [0.2, 0.25) is 11.7 Å². The lowest BCUT2D eigenvalue weighted by atomic mass is 10.2. The van der Waals surface area contributed by atoms with Gasteiger partial charge in [0.15, 0.2) is 5.16 Å². The van der Waals surface area contributed by atoms with Gasteiger partial charge in [0.05, 0.1) is 21.7 Å². The summed E-state index contributed by atoms with van der Waals surface area (Å²) in [5.41, 5.74) is 0.901. The number of benzene rings is 2. The van der Waals surface area contributed by atoms with Crippen molar-refractivity contribution in [1.29, 1.82) is 0 Å². The molecular formula is C21H19ClFN5O3S. The van der Waals surface area contributed by atoms with E-state index in [4.69, 9.17) is 16.3 Å². The number of hydrogen-bond donors (Lipinski definition) is 1. The van der Waals surface area contributed by atoms with E-state index in [1.165, 1.54) is 30.0 Å². The van der Waals surface area contributed by atoms with Gasteiger partial charge in [-0.2, -0.15) is 0 Å². The molecule has 0 unspecified atom stereocenters. The molecule has 0 saturated carbocycles. The number of halogens is 2. The van der Waals surface area contributed by atoms with Gasteiger partial charge in [-0.3, -0.25) is 18.6 Å². The second-order valence-corrected chi connectivity index (χ2v) is 8.25. The largest absolute Gasteiger partial charge is 0.385 e. The average molecular weight is 476 g/mol. The summed E-state index contributed by atoms with van der Waals surface area (Å²) in [5, 5.41) is 12.0. The molecule has 2 aromatic carbocycles. The predicted octanol–water partition coefficient (Wildman–Crippen LogP) is 3.60. The molecule has 166 valence electrons. The number of carbonyl (C=O) groups excluding carboxylic acids is 1. The fourth-order valence-electron chi connectivity index (χ4n) is 3.30. The number of amides is 1. The van der Waals surface area contributed by atoms with Crippen LogP contribution in [0.4, 0.5) is 10.1 Å². The number of fused-ring (bicyclic) bond motifs is 3. The van der Waals surface area contributed by atoms with E-state index < -0.39 is 5.82 Å². The Morgan fingerprint density at radius 1 is 1.25 bits per heavy atom. The van der Waals surface area contributed by atoms with Gasteiger partial charge in [-0.25, -0.2) is 4.39 Å². The molecule has 0 aliphatic carbocycles. The Labute approximate surface area is 191 Å². The molecule has 0 aliphatic rings. The van der Waals surface area contributed by atoms with Crippen LogP contribution >= 0.6 is 23.4 Å². The van der Waals surface area contributed by atoms with Crippen molar-refractivity contribution in [2.45, 2.75) is 18.1 Å². The first kappa shape index (κ1) is 22.3. The SMILES string of the molecule is COCCCn1c(=O)c2ccccc2n2c(SCC(=O)Nc3ccc(F)c(Cl)c3)nnc12. The maximum atomic E-state index is 13.3. The lowest BCUT2D eigenvalue weighted by Crippen LogP contribution is -2.24. The van der Waals surface area contributed by atoms with Crippen LogP contribution in [0.15, 0.2) is 52.4 Å². The first-order chi connectivity index (χ1) is 15.5. The van der Waals surface area contributed by atoms with Gasteiger partial charge in [-0.05, 0) is 36.8 Å². The summed E-state index contributed by atoms with van der Waals surface area (Å²) in [7, 11) is 1.61. The number of aromatic nitrogens is 4. The number of anilines is 1. The van der Waals surface area contributed by atoms with E-state index in [9.17, 15) is 14.0 Å². The van der Waals surface area contributed by atoms with Gasteiger partial charge in [0.25, 0.3) is 5.56 Å². The molecule has 4 aromatic rings. The number of nitrogens with one attached hydrogen (secondary N) is 1. The minimum absolute atomic E-state index is 0.0346. The van der Waals surface area contributed by atoms with Crippen molar-refractivity contribution in [3.8, 4) is 0 Å². The smallest absolute Gasteiger partial charge is 0.262 e. The molecule has 0 aliphatic heterocycles. The molecule has 32 heavy (non-hydrogen) atoms. The summed E-state index contributed by atoms with van der Waals surface area (Å²) < 4.78 is 21.7. The summed E-state index contributed by atoms with van der Waals surface area (Å²) >= 11 is 6.94. The highest BCUT2D eigenvalue weighted by Crippen LogP contribution is 2.23. The molecule has 11 heteroatoms. The second kappa shape index (κ2) is 9.68. The normalized spacial score (nSPS) is 11.3. The van der Waals surface area contributed by atoms with Crippen molar-refractivity contribution < 1.29 is 13.9 Å². The van der Waals surface area contributed by atoms with Gasteiger partial charge in [-0.15, -0.1) is 10.2 Å². The standard InChI is InChI=1S/C21H19ClFN5O3S/c1-31-10-4-9-27-19(30)14-5-2-3-6-17(14)28-20(27)25-26-21(28)32-12-18(29)24-13-7-8-16(23)15(22)11-13/h2-3,5-8,11H,4,9-10,12H2,1H3,(H,24,29). The van der Waals surface area contributed by atoms with Crippen molar-refractivity contribution in [2.75, 3.05) is 24.8 Å². The fraction of sp³-hybridized carbons (Fsp3) is 0.238.